The molecule has 3 unspecified atom stereocenters. The predicted molar refractivity (Wildman–Crippen MR) is 59.6 cm³/mol. The Hall–Kier alpha value is -0.250. The van der Waals surface area contributed by atoms with Crippen molar-refractivity contribution in [2.24, 2.45) is 17.3 Å². The first kappa shape index (κ1) is 11.8. The van der Waals surface area contributed by atoms with Gasteiger partial charge in [0.15, 0.2) is 0 Å². The summed E-state index contributed by atoms with van der Waals surface area (Å²) in [5.41, 5.74) is 0.0559. The Morgan fingerprint density at radius 2 is 1.88 bits per heavy atom. The Labute approximate surface area is 100 Å². The van der Waals surface area contributed by atoms with Gasteiger partial charge in [0.1, 0.15) is 0 Å². The second-order valence-electron chi connectivity index (χ2n) is 6.28. The third-order valence-corrected chi connectivity index (χ3v) is 4.93. The van der Waals surface area contributed by atoms with Gasteiger partial charge in [0.2, 0.25) is 0 Å². The summed E-state index contributed by atoms with van der Waals surface area (Å²) in [6.07, 6.45) is 2.11. The third kappa shape index (κ3) is 2.47. The van der Waals surface area contributed by atoms with E-state index in [9.17, 15) is 13.2 Å². The summed E-state index contributed by atoms with van der Waals surface area (Å²) in [5, 5.41) is 3.46. The van der Waals surface area contributed by atoms with Crippen LogP contribution in [0.5, 0.6) is 0 Å². The lowest BCUT2D eigenvalue weighted by atomic mass is 9.77. The van der Waals surface area contributed by atoms with Gasteiger partial charge in [-0.15, -0.1) is 0 Å². The fourth-order valence-electron chi connectivity index (χ4n) is 3.55. The van der Waals surface area contributed by atoms with Crippen molar-refractivity contribution in [3.05, 3.63) is 0 Å². The molecule has 3 aliphatic carbocycles. The van der Waals surface area contributed by atoms with Crippen LogP contribution in [0, 0.1) is 17.3 Å². The van der Waals surface area contributed by atoms with Gasteiger partial charge in [-0.25, -0.2) is 0 Å². The van der Waals surface area contributed by atoms with E-state index in [2.05, 4.69) is 5.32 Å². The summed E-state index contributed by atoms with van der Waals surface area (Å²) < 4.78 is 38.2. The monoisotopic (exact) mass is 247 g/mol. The van der Waals surface area contributed by atoms with Crippen molar-refractivity contribution >= 4 is 0 Å². The van der Waals surface area contributed by atoms with Gasteiger partial charge in [0, 0.05) is 6.04 Å². The minimum Gasteiger partial charge on any atom is -0.314 e. The van der Waals surface area contributed by atoms with Gasteiger partial charge in [-0.2, -0.15) is 13.2 Å². The van der Waals surface area contributed by atoms with Crippen LogP contribution < -0.4 is 5.32 Å². The first-order valence-electron chi connectivity index (χ1n) is 6.80. The highest BCUT2D eigenvalue weighted by Gasteiger charge is 2.58. The van der Waals surface area contributed by atoms with Crippen molar-refractivity contribution in [1.82, 2.24) is 5.32 Å². The quantitative estimate of drug-likeness (QED) is 0.805. The van der Waals surface area contributed by atoms with Crippen molar-refractivity contribution in [1.29, 1.82) is 0 Å². The Kier molecular flexibility index (Phi) is 2.69. The smallest absolute Gasteiger partial charge is 0.314 e. The van der Waals surface area contributed by atoms with Crippen LogP contribution in [0.3, 0.4) is 0 Å². The van der Waals surface area contributed by atoms with Gasteiger partial charge in [-0.1, -0.05) is 6.42 Å². The van der Waals surface area contributed by atoms with Crippen LogP contribution in [0.4, 0.5) is 13.2 Å². The lowest BCUT2D eigenvalue weighted by molar-refractivity contribution is -0.187. The third-order valence-electron chi connectivity index (χ3n) is 4.93. The minimum absolute atomic E-state index is 0.0559. The fraction of sp³-hybridized carbons (Fsp3) is 1.00. The molecule has 0 saturated heterocycles. The molecule has 0 amide bonds. The lowest BCUT2D eigenvalue weighted by Gasteiger charge is -2.31. The number of hydrogen-bond donors (Lipinski definition) is 1. The van der Waals surface area contributed by atoms with Gasteiger partial charge in [-0.05, 0) is 56.4 Å². The summed E-state index contributed by atoms with van der Waals surface area (Å²) in [7, 11) is 0. The van der Waals surface area contributed by atoms with Gasteiger partial charge in [0.05, 0.1) is 5.92 Å². The molecule has 1 nitrogen and oxygen atoms in total. The molecule has 0 aliphatic heterocycles. The number of nitrogens with one attached hydrogen (secondary N) is 1. The average molecular weight is 247 g/mol. The molecule has 0 radical (unpaired) electrons. The summed E-state index contributed by atoms with van der Waals surface area (Å²) in [4.78, 5) is 0. The molecule has 0 aromatic heterocycles. The molecule has 1 N–H and O–H groups in total. The molecule has 3 atom stereocenters. The maximum Gasteiger partial charge on any atom is 0.391 e. The highest BCUT2D eigenvalue weighted by atomic mass is 19.4. The molecule has 3 fully saturated rings. The zero-order chi connectivity index (χ0) is 12.1. The van der Waals surface area contributed by atoms with Crippen molar-refractivity contribution in [2.75, 3.05) is 6.54 Å². The van der Waals surface area contributed by atoms with Crippen LogP contribution >= 0.6 is 0 Å². The number of hydrogen-bond acceptors (Lipinski definition) is 1. The molecular formula is C13H20F3N. The van der Waals surface area contributed by atoms with Crippen LogP contribution in [0.25, 0.3) is 0 Å². The highest BCUT2D eigenvalue weighted by Crippen LogP contribution is 2.63. The van der Waals surface area contributed by atoms with E-state index in [1.807, 2.05) is 0 Å². The summed E-state index contributed by atoms with van der Waals surface area (Å²) in [6.45, 7) is 0.954. The van der Waals surface area contributed by atoms with Crippen molar-refractivity contribution < 1.29 is 13.2 Å². The summed E-state index contributed by atoms with van der Waals surface area (Å²) >= 11 is 0. The van der Waals surface area contributed by atoms with E-state index in [1.165, 1.54) is 12.8 Å². The first-order chi connectivity index (χ1) is 8.00. The van der Waals surface area contributed by atoms with Gasteiger partial charge in [-0.3, -0.25) is 0 Å². The molecule has 0 aromatic rings. The predicted octanol–water partition coefficient (Wildman–Crippen LogP) is 3.50. The average Bonchev–Trinajstić information content (AvgIpc) is 3.13. The van der Waals surface area contributed by atoms with Crippen molar-refractivity contribution in [3.8, 4) is 0 Å². The van der Waals surface area contributed by atoms with E-state index >= 15 is 0 Å². The van der Waals surface area contributed by atoms with Crippen LogP contribution in [0.1, 0.15) is 44.9 Å². The Balaban J connectivity index is 1.53. The first-order valence-corrected chi connectivity index (χ1v) is 6.80. The second-order valence-corrected chi connectivity index (χ2v) is 6.28. The molecule has 1 spiro atoms. The van der Waals surface area contributed by atoms with E-state index in [-0.39, 0.29) is 5.41 Å². The van der Waals surface area contributed by atoms with Crippen molar-refractivity contribution in [3.63, 3.8) is 0 Å². The fourth-order valence-corrected chi connectivity index (χ4v) is 3.55. The Morgan fingerprint density at radius 3 is 2.53 bits per heavy atom. The van der Waals surface area contributed by atoms with E-state index in [0.717, 1.165) is 25.8 Å². The summed E-state index contributed by atoms with van der Waals surface area (Å²) in [6, 6.07) is 0.676. The molecule has 0 aromatic carbocycles. The minimum atomic E-state index is -3.97. The molecule has 3 saturated carbocycles. The second kappa shape index (κ2) is 3.87. The molecule has 3 aliphatic rings. The van der Waals surface area contributed by atoms with E-state index in [1.54, 1.807) is 0 Å². The van der Waals surface area contributed by atoms with Crippen LogP contribution in [-0.4, -0.2) is 18.8 Å². The molecule has 0 heterocycles. The zero-order valence-corrected chi connectivity index (χ0v) is 10.0. The normalized spacial score (nSPS) is 41.8. The lowest BCUT2D eigenvalue weighted by Crippen LogP contribution is -2.31. The highest BCUT2D eigenvalue weighted by molar-refractivity contribution is 5.06. The van der Waals surface area contributed by atoms with Gasteiger partial charge >= 0.3 is 6.18 Å². The largest absolute Gasteiger partial charge is 0.391 e. The number of halogens is 3. The maximum atomic E-state index is 12.7. The molecule has 0 bridgehead atoms. The van der Waals surface area contributed by atoms with Crippen molar-refractivity contribution in [2.45, 2.75) is 57.2 Å². The molecule has 98 valence electrons. The van der Waals surface area contributed by atoms with Crippen LogP contribution in [0.15, 0.2) is 0 Å². The van der Waals surface area contributed by atoms with Crippen LogP contribution in [-0.2, 0) is 0 Å². The molecular weight excluding hydrogens is 227 g/mol. The Bertz CT molecular complexity index is 298. The molecule has 4 heteroatoms. The van der Waals surface area contributed by atoms with Crippen LogP contribution in [0.2, 0.25) is 0 Å². The van der Waals surface area contributed by atoms with Gasteiger partial charge < -0.3 is 5.32 Å². The van der Waals surface area contributed by atoms with E-state index in [0.29, 0.717) is 24.8 Å². The Morgan fingerprint density at radius 1 is 1.12 bits per heavy atom. The van der Waals surface area contributed by atoms with E-state index < -0.39 is 12.1 Å². The SMILES string of the molecule is FC(F)(F)C1CCCC2(C1)CC2CNC1CC1. The van der Waals surface area contributed by atoms with Gasteiger partial charge in [0.25, 0.3) is 0 Å². The summed E-state index contributed by atoms with van der Waals surface area (Å²) in [5.74, 6) is -0.504. The molecule has 3 rings (SSSR count). The maximum absolute atomic E-state index is 12.7. The number of alkyl halides is 3. The van der Waals surface area contributed by atoms with E-state index in [4.69, 9.17) is 0 Å². The topological polar surface area (TPSA) is 12.0 Å². The molecule has 17 heavy (non-hydrogen) atoms. The number of rotatable bonds is 3. The zero-order valence-electron chi connectivity index (χ0n) is 10.0. The standard InChI is InChI=1S/C13H20F3N/c14-13(15,16)9-2-1-5-12(6-9)7-10(12)8-17-11-3-4-11/h9-11,17H,1-8H2.